The Balaban J connectivity index is 2.30. The van der Waals surface area contributed by atoms with Crippen LogP contribution in [0.3, 0.4) is 0 Å². The van der Waals surface area contributed by atoms with Crippen molar-refractivity contribution in [1.82, 2.24) is 4.98 Å². The predicted molar refractivity (Wildman–Crippen MR) is 93.6 cm³/mol. The molecule has 25 heavy (non-hydrogen) atoms. The van der Waals surface area contributed by atoms with Crippen LogP contribution in [0.4, 0.5) is 9.93 Å². The molecule has 1 saturated heterocycles. The van der Waals surface area contributed by atoms with Gasteiger partial charge in [0.25, 0.3) is 0 Å². The van der Waals surface area contributed by atoms with E-state index < -0.39 is 24.2 Å². The summed E-state index contributed by atoms with van der Waals surface area (Å²) in [6, 6.07) is 2.31. The maximum absolute atomic E-state index is 12.7. The van der Waals surface area contributed by atoms with Crippen LogP contribution in [-0.2, 0) is 9.47 Å². The van der Waals surface area contributed by atoms with E-state index >= 15 is 0 Å². The maximum Gasteiger partial charge on any atom is 0.509 e. The SMILES string of the molecule is CC(C)(C)OC(=O)N(CC1(C#N)CCOCC1)c1nc(B(O)O)cs1. The van der Waals surface area contributed by atoms with Gasteiger partial charge in [-0.15, -0.1) is 11.3 Å². The van der Waals surface area contributed by atoms with Gasteiger partial charge >= 0.3 is 13.2 Å². The highest BCUT2D eigenvalue weighted by Gasteiger charge is 2.39. The molecule has 10 heteroatoms. The number of hydrogen-bond donors (Lipinski definition) is 2. The third-order valence-corrected chi connectivity index (χ3v) is 4.65. The van der Waals surface area contributed by atoms with Gasteiger partial charge in [-0.25, -0.2) is 9.78 Å². The van der Waals surface area contributed by atoms with Crippen molar-refractivity contribution in [3.63, 3.8) is 0 Å². The van der Waals surface area contributed by atoms with Gasteiger partial charge in [0.2, 0.25) is 0 Å². The van der Waals surface area contributed by atoms with Gasteiger partial charge in [-0.3, -0.25) is 4.90 Å². The summed E-state index contributed by atoms with van der Waals surface area (Å²) in [6.45, 7) is 6.27. The lowest BCUT2D eigenvalue weighted by Gasteiger charge is -2.35. The molecule has 1 aliphatic rings. The highest BCUT2D eigenvalue weighted by atomic mass is 32.1. The second-order valence-corrected chi connectivity index (χ2v) is 7.84. The number of aromatic nitrogens is 1. The van der Waals surface area contributed by atoms with Crippen molar-refractivity contribution >= 4 is 35.3 Å². The van der Waals surface area contributed by atoms with Crippen molar-refractivity contribution in [1.29, 1.82) is 5.26 Å². The smallest absolute Gasteiger partial charge is 0.443 e. The van der Waals surface area contributed by atoms with Gasteiger partial charge in [0.05, 0.1) is 23.6 Å². The third kappa shape index (κ3) is 5.15. The Hall–Kier alpha value is -1.67. The molecule has 1 aliphatic heterocycles. The lowest BCUT2D eigenvalue weighted by atomic mass is 9.81. The van der Waals surface area contributed by atoms with Crippen LogP contribution in [0, 0.1) is 16.7 Å². The minimum atomic E-state index is -1.72. The molecular formula is C15H22BN3O5S. The molecule has 0 unspecified atom stereocenters. The quantitative estimate of drug-likeness (QED) is 0.759. The van der Waals surface area contributed by atoms with E-state index in [4.69, 9.17) is 9.47 Å². The van der Waals surface area contributed by atoms with E-state index in [-0.39, 0.29) is 17.3 Å². The first-order chi connectivity index (χ1) is 11.7. The van der Waals surface area contributed by atoms with Crippen LogP contribution in [0.25, 0.3) is 0 Å². The minimum absolute atomic E-state index is 0.0477. The molecule has 0 atom stereocenters. The van der Waals surface area contributed by atoms with Crippen LogP contribution < -0.4 is 10.5 Å². The molecule has 2 heterocycles. The topological polar surface area (TPSA) is 116 Å². The molecule has 0 spiro atoms. The van der Waals surface area contributed by atoms with Crippen LogP contribution in [-0.4, -0.2) is 53.6 Å². The van der Waals surface area contributed by atoms with Gasteiger partial charge in [0.1, 0.15) is 5.60 Å². The predicted octanol–water partition coefficient (Wildman–Crippen LogP) is 0.885. The summed E-state index contributed by atoms with van der Waals surface area (Å²) in [5.74, 6) is 0. The Morgan fingerprint density at radius 2 is 2.16 bits per heavy atom. The summed E-state index contributed by atoms with van der Waals surface area (Å²) in [7, 11) is -1.72. The number of nitriles is 1. The zero-order chi connectivity index (χ0) is 18.7. The van der Waals surface area contributed by atoms with E-state index in [0.29, 0.717) is 26.1 Å². The minimum Gasteiger partial charge on any atom is -0.443 e. The molecule has 136 valence electrons. The van der Waals surface area contributed by atoms with Crippen LogP contribution in [0.15, 0.2) is 5.38 Å². The van der Waals surface area contributed by atoms with Gasteiger partial charge in [-0.2, -0.15) is 5.26 Å². The van der Waals surface area contributed by atoms with Gasteiger partial charge in [0, 0.05) is 18.6 Å². The Morgan fingerprint density at radius 3 is 2.64 bits per heavy atom. The average Bonchev–Trinajstić information content (AvgIpc) is 3.02. The van der Waals surface area contributed by atoms with E-state index in [1.165, 1.54) is 10.3 Å². The van der Waals surface area contributed by atoms with Crippen LogP contribution in [0.2, 0.25) is 0 Å². The van der Waals surface area contributed by atoms with Crippen molar-refractivity contribution in [3.05, 3.63) is 5.38 Å². The summed E-state index contributed by atoms with van der Waals surface area (Å²) in [6.07, 6.45) is 0.384. The van der Waals surface area contributed by atoms with Gasteiger partial charge in [0.15, 0.2) is 5.13 Å². The summed E-state index contributed by atoms with van der Waals surface area (Å²) in [4.78, 5) is 18.1. The number of nitrogens with zero attached hydrogens (tertiary/aromatic N) is 3. The zero-order valence-corrected chi connectivity index (χ0v) is 15.4. The highest BCUT2D eigenvalue weighted by Crippen LogP contribution is 2.33. The van der Waals surface area contributed by atoms with Crippen molar-refractivity contribution in [3.8, 4) is 6.07 Å². The first-order valence-electron chi connectivity index (χ1n) is 7.97. The number of anilines is 1. The maximum atomic E-state index is 12.7. The van der Waals surface area contributed by atoms with Crippen molar-refractivity contribution in [2.75, 3.05) is 24.7 Å². The summed E-state index contributed by atoms with van der Waals surface area (Å²) >= 11 is 1.09. The third-order valence-electron chi connectivity index (χ3n) is 3.77. The number of hydrogen-bond acceptors (Lipinski definition) is 8. The molecule has 1 fully saturated rings. The summed E-state index contributed by atoms with van der Waals surface area (Å²) in [5, 5.41) is 29.9. The van der Waals surface area contributed by atoms with Crippen LogP contribution in [0.5, 0.6) is 0 Å². The van der Waals surface area contributed by atoms with E-state index in [9.17, 15) is 20.1 Å². The Labute approximate surface area is 151 Å². The Kier molecular flexibility index (Phi) is 6.05. The number of carbonyl (C=O) groups excluding carboxylic acids is 1. The van der Waals surface area contributed by atoms with Gasteiger partial charge < -0.3 is 19.5 Å². The first kappa shape index (κ1) is 19.7. The zero-order valence-electron chi connectivity index (χ0n) is 14.6. The van der Waals surface area contributed by atoms with Crippen molar-refractivity contribution < 1.29 is 24.3 Å². The highest BCUT2D eigenvalue weighted by molar-refractivity contribution is 7.14. The largest absolute Gasteiger partial charge is 0.509 e. The van der Waals surface area contributed by atoms with Gasteiger partial charge in [-0.1, -0.05) is 0 Å². The van der Waals surface area contributed by atoms with E-state index in [0.717, 1.165) is 11.3 Å². The number of carbonyl (C=O) groups is 1. The molecule has 0 aromatic carbocycles. The fraction of sp³-hybridized carbons (Fsp3) is 0.667. The molecule has 1 aromatic rings. The molecule has 1 aromatic heterocycles. The monoisotopic (exact) mass is 367 g/mol. The fourth-order valence-electron chi connectivity index (χ4n) is 2.42. The number of thiazole rings is 1. The number of ether oxygens (including phenoxy) is 2. The molecule has 2 rings (SSSR count). The van der Waals surface area contributed by atoms with Gasteiger partial charge in [-0.05, 0) is 33.6 Å². The van der Waals surface area contributed by atoms with E-state index in [2.05, 4.69) is 11.1 Å². The summed E-state index contributed by atoms with van der Waals surface area (Å²) < 4.78 is 10.8. The van der Waals surface area contributed by atoms with Crippen molar-refractivity contribution in [2.45, 2.75) is 39.2 Å². The standard InChI is InChI=1S/C15H22BN3O5S/c1-14(2,3)24-13(20)19(12-18-11(8-25-12)16(21)22)10-15(9-17)4-6-23-7-5-15/h8,21-22H,4-7,10H2,1-3H3. The molecule has 0 aliphatic carbocycles. The first-order valence-corrected chi connectivity index (χ1v) is 8.85. The molecule has 0 bridgehead atoms. The molecule has 0 radical (unpaired) electrons. The average molecular weight is 367 g/mol. The lowest BCUT2D eigenvalue weighted by Crippen LogP contribution is -2.46. The molecule has 2 N–H and O–H groups in total. The molecular weight excluding hydrogens is 345 g/mol. The molecule has 8 nitrogen and oxygen atoms in total. The van der Waals surface area contributed by atoms with E-state index in [1.807, 2.05) is 0 Å². The molecule has 0 saturated carbocycles. The lowest BCUT2D eigenvalue weighted by molar-refractivity contribution is 0.0366. The second kappa shape index (κ2) is 7.70. The van der Waals surface area contributed by atoms with Crippen molar-refractivity contribution in [2.24, 2.45) is 5.41 Å². The Bertz CT molecular complexity index is 646. The van der Waals surface area contributed by atoms with E-state index in [1.54, 1.807) is 20.8 Å². The molecule has 1 amide bonds. The second-order valence-electron chi connectivity index (χ2n) is 7.00. The normalized spacial score (nSPS) is 16.8. The number of amides is 1. The van der Waals surface area contributed by atoms with Crippen LogP contribution >= 0.6 is 11.3 Å². The van der Waals surface area contributed by atoms with Crippen LogP contribution in [0.1, 0.15) is 33.6 Å². The number of rotatable bonds is 4. The Morgan fingerprint density at radius 1 is 1.52 bits per heavy atom. The summed E-state index contributed by atoms with van der Waals surface area (Å²) in [5.41, 5.74) is -1.41. The fourth-order valence-corrected chi connectivity index (χ4v) is 3.24.